The number of anilines is 1. The van der Waals surface area contributed by atoms with Crippen LogP contribution in [0.25, 0.3) is 11.2 Å². The van der Waals surface area contributed by atoms with E-state index in [0.29, 0.717) is 5.65 Å². The molecule has 0 spiro atoms. The number of benzene rings is 1. The lowest BCUT2D eigenvalue weighted by atomic mass is 10.2. The molecule has 0 saturated carbocycles. The molecule has 2 aromatic heterocycles. The molecule has 0 unspecified atom stereocenters. The van der Waals surface area contributed by atoms with E-state index in [2.05, 4.69) is 52.0 Å². The number of rotatable bonds is 2. The highest BCUT2D eigenvalue weighted by Gasteiger charge is 2.11. The molecule has 96 valence electrons. The SMILES string of the molecule is Cc1ccc(Sc2nc(N)nc3nc[nH]c23)c(C)c1. The number of nitrogens with zero attached hydrogens (tertiary/aromatic N) is 3. The fourth-order valence-electron chi connectivity index (χ4n) is 1.91. The van der Waals surface area contributed by atoms with E-state index in [1.807, 2.05) is 0 Å². The fraction of sp³-hybridized carbons (Fsp3) is 0.154. The first-order valence-corrected chi connectivity index (χ1v) is 6.67. The number of hydrogen-bond acceptors (Lipinski definition) is 5. The number of nitrogens with one attached hydrogen (secondary N) is 1. The number of fused-ring (bicyclic) bond motifs is 1. The minimum Gasteiger partial charge on any atom is -0.368 e. The van der Waals surface area contributed by atoms with E-state index in [9.17, 15) is 0 Å². The van der Waals surface area contributed by atoms with Crippen molar-refractivity contribution in [2.24, 2.45) is 0 Å². The second kappa shape index (κ2) is 4.55. The van der Waals surface area contributed by atoms with Crippen molar-refractivity contribution in [1.29, 1.82) is 0 Å². The number of imidazole rings is 1. The van der Waals surface area contributed by atoms with Gasteiger partial charge in [-0.25, -0.2) is 9.97 Å². The molecule has 0 amide bonds. The predicted octanol–water partition coefficient (Wildman–Crippen LogP) is 2.70. The molecule has 0 radical (unpaired) electrons. The van der Waals surface area contributed by atoms with Crippen molar-refractivity contribution < 1.29 is 0 Å². The number of nitrogen functional groups attached to an aromatic ring is 1. The zero-order chi connectivity index (χ0) is 13.4. The Kier molecular flexibility index (Phi) is 2.87. The molecule has 0 bridgehead atoms. The number of nitrogens with two attached hydrogens (primary N) is 1. The maximum Gasteiger partial charge on any atom is 0.223 e. The number of aromatic amines is 1. The normalized spacial score (nSPS) is 11.1. The average Bonchev–Trinajstić information content (AvgIpc) is 2.80. The van der Waals surface area contributed by atoms with Gasteiger partial charge in [-0.2, -0.15) is 4.98 Å². The number of hydrogen-bond donors (Lipinski definition) is 2. The van der Waals surface area contributed by atoms with Crippen LogP contribution in [-0.2, 0) is 0 Å². The first-order valence-electron chi connectivity index (χ1n) is 5.85. The second-order valence-corrected chi connectivity index (χ2v) is 5.39. The highest BCUT2D eigenvalue weighted by Crippen LogP contribution is 2.32. The van der Waals surface area contributed by atoms with Gasteiger partial charge in [0.15, 0.2) is 5.65 Å². The van der Waals surface area contributed by atoms with Gasteiger partial charge in [0.05, 0.1) is 6.33 Å². The fourth-order valence-corrected chi connectivity index (χ4v) is 2.87. The summed E-state index contributed by atoms with van der Waals surface area (Å²) in [6.45, 7) is 4.17. The van der Waals surface area contributed by atoms with Gasteiger partial charge in [0, 0.05) is 4.90 Å². The van der Waals surface area contributed by atoms with Gasteiger partial charge in [0.1, 0.15) is 10.5 Å². The third kappa shape index (κ3) is 2.26. The van der Waals surface area contributed by atoms with Crippen molar-refractivity contribution in [3.05, 3.63) is 35.7 Å². The summed E-state index contributed by atoms with van der Waals surface area (Å²) in [6.07, 6.45) is 1.60. The molecule has 0 saturated heterocycles. The van der Waals surface area contributed by atoms with Crippen molar-refractivity contribution in [3.63, 3.8) is 0 Å². The molecule has 2 heterocycles. The standard InChI is InChI=1S/C13H13N5S/c1-7-3-4-9(8(2)5-7)19-12-10-11(16-6-15-10)17-13(14)18-12/h3-6H,1-2H3,(H3,14,15,16,17,18). The Balaban J connectivity index is 2.07. The Labute approximate surface area is 114 Å². The van der Waals surface area contributed by atoms with Crippen molar-refractivity contribution in [2.75, 3.05) is 5.73 Å². The summed E-state index contributed by atoms with van der Waals surface area (Å²) in [4.78, 5) is 16.7. The van der Waals surface area contributed by atoms with Crippen molar-refractivity contribution in [1.82, 2.24) is 19.9 Å². The largest absolute Gasteiger partial charge is 0.368 e. The molecule has 3 rings (SSSR count). The van der Waals surface area contributed by atoms with Crippen LogP contribution in [0.3, 0.4) is 0 Å². The smallest absolute Gasteiger partial charge is 0.223 e. The first kappa shape index (κ1) is 12.0. The monoisotopic (exact) mass is 271 g/mol. The molecule has 19 heavy (non-hydrogen) atoms. The van der Waals surface area contributed by atoms with E-state index in [0.717, 1.165) is 15.4 Å². The number of aryl methyl sites for hydroxylation is 2. The lowest BCUT2D eigenvalue weighted by Crippen LogP contribution is -1.97. The van der Waals surface area contributed by atoms with Gasteiger partial charge in [0.2, 0.25) is 5.95 Å². The van der Waals surface area contributed by atoms with Crippen LogP contribution in [0, 0.1) is 13.8 Å². The van der Waals surface area contributed by atoms with Crippen LogP contribution >= 0.6 is 11.8 Å². The van der Waals surface area contributed by atoms with E-state index >= 15 is 0 Å². The molecule has 3 aromatic rings. The third-order valence-corrected chi connectivity index (χ3v) is 3.97. The van der Waals surface area contributed by atoms with Crippen LogP contribution in [0.2, 0.25) is 0 Å². The lowest BCUT2D eigenvalue weighted by molar-refractivity contribution is 1.10. The highest BCUT2D eigenvalue weighted by molar-refractivity contribution is 7.99. The molecule has 0 aliphatic heterocycles. The molecule has 0 aliphatic rings. The molecule has 5 nitrogen and oxygen atoms in total. The van der Waals surface area contributed by atoms with Crippen LogP contribution < -0.4 is 5.73 Å². The van der Waals surface area contributed by atoms with Crippen molar-refractivity contribution >= 4 is 28.9 Å². The molecule has 6 heteroatoms. The second-order valence-electron chi connectivity index (χ2n) is 4.36. The number of H-pyrrole nitrogens is 1. The summed E-state index contributed by atoms with van der Waals surface area (Å²) in [5.74, 6) is 0.242. The summed E-state index contributed by atoms with van der Waals surface area (Å²) < 4.78 is 0. The topological polar surface area (TPSA) is 80.5 Å². The Morgan fingerprint density at radius 3 is 2.84 bits per heavy atom. The predicted molar refractivity (Wildman–Crippen MR) is 76.1 cm³/mol. The van der Waals surface area contributed by atoms with E-state index < -0.39 is 0 Å². The molecule has 1 aromatic carbocycles. The van der Waals surface area contributed by atoms with Crippen LogP contribution in [0.4, 0.5) is 5.95 Å². The molecule has 0 fully saturated rings. The lowest BCUT2D eigenvalue weighted by Gasteiger charge is -2.06. The zero-order valence-electron chi connectivity index (χ0n) is 10.6. The van der Waals surface area contributed by atoms with Crippen LogP contribution in [0.1, 0.15) is 11.1 Å². The van der Waals surface area contributed by atoms with Gasteiger partial charge in [0.25, 0.3) is 0 Å². The molecule has 0 aliphatic carbocycles. The Morgan fingerprint density at radius 2 is 2.05 bits per heavy atom. The van der Waals surface area contributed by atoms with Crippen molar-refractivity contribution in [2.45, 2.75) is 23.8 Å². The van der Waals surface area contributed by atoms with Crippen LogP contribution in [0.15, 0.2) is 34.4 Å². The van der Waals surface area contributed by atoms with Gasteiger partial charge in [-0.15, -0.1) is 0 Å². The van der Waals surface area contributed by atoms with Crippen LogP contribution in [0.5, 0.6) is 0 Å². The van der Waals surface area contributed by atoms with Gasteiger partial charge >= 0.3 is 0 Å². The van der Waals surface area contributed by atoms with Gasteiger partial charge < -0.3 is 10.7 Å². The molecule has 0 atom stereocenters. The van der Waals surface area contributed by atoms with Crippen LogP contribution in [-0.4, -0.2) is 19.9 Å². The molecular formula is C13H13N5S. The summed E-state index contributed by atoms with van der Waals surface area (Å²) in [5.41, 5.74) is 9.59. The van der Waals surface area contributed by atoms with Gasteiger partial charge in [-0.1, -0.05) is 29.5 Å². The third-order valence-electron chi connectivity index (χ3n) is 2.81. The highest BCUT2D eigenvalue weighted by atomic mass is 32.2. The quantitative estimate of drug-likeness (QED) is 0.700. The summed E-state index contributed by atoms with van der Waals surface area (Å²) >= 11 is 1.57. The number of aromatic nitrogens is 4. The van der Waals surface area contributed by atoms with E-state index in [-0.39, 0.29) is 5.95 Å². The molecular weight excluding hydrogens is 258 g/mol. The maximum absolute atomic E-state index is 5.71. The summed E-state index contributed by atoms with van der Waals surface area (Å²) in [7, 11) is 0. The summed E-state index contributed by atoms with van der Waals surface area (Å²) in [5, 5.41) is 0.798. The first-order chi connectivity index (χ1) is 9.13. The van der Waals surface area contributed by atoms with E-state index in [1.165, 1.54) is 11.1 Å². The Bertz CT molecular complexity index is 750. The zero-order valence-corrected chi connectivity index (χ0v) is 11.5. The van der Waals surface area contributed by atoms with Gasteiger partial charge in [-0.05, 0) is 25.5 Å². The average molecular weight is 271 g/mol. The minimum absolute atomic E-state index is 0.242. The Morgan fingerprint density at radius 1 is 1.21 bits per heavy atom. The van der Waals surface area contributed by atoms with E-state index in [4.69, 9.17) is 5.73 Å². The molecule has 3 N–H and O–H groups in total. The van der Waals surface area contributed by atoms with Crippen molar-refractivity contribution in [3.8, 4) is 0 Å². The maximum atomic E-state index is 5.71. The van der Waals surface area contributed by atoms with Gasteiger partial charge in [-0.3, -0.25) is 0 Å². The Hall–Kier alpha value is -2.08. The minimum atomic E-state index is 0.242. The van der Waals surface area contributed by atoms with E-state index in [1.54, 1.807) is 18.1 Å². The summed E-state index contributed by atoms with van der Waals surface area (Å²) in [6, 6.07) is 6.33.